The van der Waals surface area contributed by atoms with Crippen LogP contribution in [0.15, 0.2) is 46.9 Å². The maximum atomic E-state index is 13.5. The number of hydrogen-bond donors (Lipinski definition) is 1. The van der Waals surface area contributed by atoms with Gasteiger partial charge in [0.05, 0.1) is 0 Å². The van der Waals surface area contributed by atoms with Gasteiger partial charge < -0.3 is 5.32 Å². The molecule has 0 unspecified atom stereocenters. The number of halogens is 3. The lowest BCUT2D eigenvalue weighted by molar-refractivity contribution is 0.0950. The molecule has 104 valence electrons. The number of rotatable bonds is 4. The molecule has 0 saturated carbocycles. The molecule has 2 aromatic rings. The molecule has 1 amide bonds. The van der Waals surface area contributed by atoms with Crippen LogP contribution in [0.1, 0.15) is 21.5 Å². The molecule has 0 fully saturated rings. The third kappa shape index (κ3) is 3.90. The average Bonchev–Trinajstić information content (AvgIpc) is 2.48. The Bertz CT molecular complexity index is 614. The Balaban J connectivity index is 2.02. The van der Waals surface area contributed by atoms with E-state index in [-0.39, 0.29) is 18.3 Å². The molecule has 0 spiro atoms. The van der Waals surface area contributed by atoms with Gasteiger partial charge in [0.2, 0.25) is 0 Å². The third-order valence-corrected chi connectivity index (χ3v) is 3.96. The minimum absolute atomic E-state index is 0.157. The lowest BCUT2D eigenvalue weighted by Gasteiger charge is -2.07. The van der Waals surface area contributed by atoms with Crippen molar-refractivity contribution >= 4 is 37.8 Å². The SMILES string of the molecule is O=C(NCc1cc(Br)ccc1F)c1ccc(CBr)cc1. The van der Waals surface area contributed by atoms with Crippen LogP contribution in [0.2, 0.25) is 0 Å². The first-order chi connectivity index (χ1) is 9.60. The molecule has 0 aliphatic rings. The van der Waals surface area contributed by atoms with E-state index in [2.05, 4.69) is 37.2 Å². The van der Waals surface area contributed by atoms with Gasteiger partial charge in [0.15, 0.2) is 0 Å². The summed E-state index contributed by atoms with van der Waals surface area (Å²) < 4.78 is 14.3. The maximum absolute atomic E-state index is 13.5. The summed E-state index contributed by atoms with van der Waals surface area (Å²) in [7, 11) is 0. The van der Waals surface area contributed by atoms with Crippen LogP contribution in [0.4, 0.5) is 4.39 Å². The Labute approximate surface area is 133 Å². The summed E-state index contributed by atoms with van der Waals surface area (Å²) in [4.78, 5) is 12.0. The van der Waals surface area contributed by atoms with E-state index < -0.39 is 0 Å². The quantitative estimate of drug-likeness (QED) is 0.756. The topological polar surface area (TPSA) is 29.1 Å². The first-order valence-electron chi connectivity index (χ1n) is 5.97. The van der Waals surface area contributed by atoms with E-state index in [1.54, 1.807) is 24.3 Å². The number of alkyl halides is 1. The summed E-state index contributed by atoms with van der Waals surface area (Å²) in [5.74, 6) is -0.548. The Morgan fingerprint density at radius 1 is 1.15 bits per heavy atom. The molecule has 0 aromatic heterocycles. The van der Waals surface area contributed by atoms with Crippen LogP contribution in [0.25, 0.3) is 0 Å². The van der Waals surface area contributed by atoms with Crippen LogP contribution in [0.5, 0.6) is 0 Å². The van der Waals surface area contributed by atoms with E-state index in [0.29, 0.717) is 11.1 Å². The highest BCUT2D eigenvalue weighted by atomic mass is 79.9. The van der Waals surface area contributed by atoms with Crippen molar-refractivity contribution in [3.05, 3.63) is 69.4 Å². The largest absolute Gasteiger partial charge is 0.348 e. The van der Waals surface area contributed by atoms with Crippen molar-refractivity contribution < 1.29 is 9.18 Å². The van der Waals surface area contributed by atoms with Crippen molar-refractivity contribution in [2.45, 2.75) is 11.9 Å². The van der Waals surface area contributed by atoms with Gasteiger partial charge in [-0.3, -0.25) is 4.79 Å². The second-order valence-electron chi connectivity index (χ2n) is 4.25. The van der Waals surface area contributed by atoms with Gasteiger partial charge in [0.25, 0.3) is 5.91 Å². The summed E-state index contributed by atoms with van der Waals surface area (Å²) >= 11 is 6.63. The molecule has 0 atom stereocenters. The number of nitrogens with one attached hydrogen (secondary N) is 1. The average molecular weight is 401 g/mol. The van der Waals surface area contributed by atoms with Crippen molar-refractivity contribution in [1.82, 2.24) is 5.32 Å². The van der Waals surface area contributed by atoms with Gasteiger partial charge in [0, 0.05) is 27.5 Å². The van der Waals surface area contributed by atoms with Crippen LogP contribution in [-0.4, -0.2) is 5.91 Å². The number of amides is 1. The third-order valence-electron chi connectivity index (χ3n) is 2.82. The first kappa shape index (κ1) is 15.2. The Morgan fingerprint density at radius 2 is 1.85 bits per heavy atom. The van der Waals surface area contributed by atoms with Gasteiger partial charge in [-0.05, 0) is 35.9 Å². The summed E-state index contributed by atoms with van der Waals surface area (Å²) in [6.45, 7) is 0.157. The smallest absolute Gasteiger partial charge is 0.251 e. The maximum Gasteiger partial charge on any atom is 0.251 e. The van der Waals surface area contributed by atoms with Crippen molar-refractivity contribution in [3.8, 4) is 0 Å². The van der Waals surface area contributed by atoms with E-state index in [1.165, 1.54) is 6.07 Å². The molecule has 0 radical (unpaired) electrons. The van der Waals surface area contributed by atoms with Gasteiger partial charge >= 0.3 is 0 Å². The van der Waals surface area contributed by atoms with E-state index in [0.717, 1.165) is 15.4 Å². The fraction of sp³-hybridized carbons (Fsp3) is 0.133. The van der Waals surface area contributed by atoms with Gasteiger partial charge in [0.1, 0.15) is 5.82 Å². The Morgan fingerprint density at radius 3 is 2.50 bits per heavy atom. The molecule has 20 heavy (non-hydrogen) atoms. The second-order valence-corrected chi connectivity index (χ2v) is 5.73. The van der Waals surface area contributed by atoms with Crippen LogP contribution < -0.4 is 5.32 Å². The van der Waals surface area contributed by atoms with Crippen LogP contribution in [0.3, 0.4) is 0 Å². The van der Waals surface area contributed by atoms with Gasteiger partial charge in [-0.1, -0.05) is 44.0 Å². The van der Waals surface area contributed by atoms with Gasteiger partial charge in [-0.15, -0.1) is 0 Å². The zero-order valence-electron chi connectivity index (χ0n) is 10.5. The second kappa shape index (κ2) is 6.99. The fourth-order valence-corrected chi connectivity index (χ4v) is 2.48. The first-order valence-corrected chi connectivity index (χ1v) is 7.88. The molecule has 2 rings (SSSR count). The lowest BCUT2D eigenvalue weighted by Crippen LogP contribution is -2.23. The van der Waals surface area contributed by atoms with Crippen molar-refractivity contribution in [3.63, 3.8) is 0 Å². The normalized spacial score (nSPS) is 10.3. The minimum atomic E-state index is -0.330. The zero-order valence-corrected chi connectivity index (χ0v) is 13.7. The van der Waals surface area contributed by atoms with Crippen molar-refractivity contribution in [2.24, 2.45) is 0 Å². The molecule has 1 N–H and O–H groups in total. The van der Waals surface area contributed by atoms with Crippen LogP contribution in [-0.2, 0) is 11.9 Å². The molecule has 5 heteroatoms. The monoisotopic (exact) mass is 399 g/mol. The summed E-state index contributed by atoms with van der Waals surface area (Å²) in [6, 6.07) is 11.9. The number of carbonyl (C=O) groups is 1. The lowest BCUT2D eigenvalue weighted by atomic mass is 10.1. The van der Waals surface area contributed by atoms with Gasteiger partial charge in [-0.2, -0.15) is 0 Å². The molecule has 0 aliphatic heterocycles. The number of benzene rings is 2. The molecule has 2 nitrogen and oxygen atoms in total. The molecular formula is C15H12Br2FNO. The summed E-state index contributed by atoms with van der Waals surface area (Å²) in [6.07, 6.45) is 0. The highest BCUT2D eigenvalue weighted by Gasteiger charge is 2.07. The molecule has 0 aliphatic carbocycles. The highest BCUT2D eigenvalue weighted by molar-refractivity contribution is 9.10. The van der Waals surface area contributed by atoms with E-state index >= 15 is 0 Å². The fourth-order valence-electron chi connectivity index (χ4n) is 1.70. The van der Waals surface area contributed by atoms with Crippen LogP contribution >= 0.6 is 31.9 Å². The molecule has 2 aromatic carbocycles. The van der Waals surface area contributed by atoms with Crippen molar-refractivity contribution in [1.29, 1.82) is 0 Å². The van der Waals surface area contributed by atoms with E-state index in [1.807, 2.05) is 12.1 Å². The summed E-state index contributed by atoms with van der Waals surface area (Å²) in [5, 5.41) is 3.46. The molecule has 0 saturated heterocycles. The Kier molecular flexibility index (Phi) is 5.31. The molecule has 0 bridgehead atoms. The predicted molar refractivity (Wildman–Crippen MR) is 84.3 cm³/mol. The highest BCUT2D eigenvalue weighted by Crippen LogP contribution is 2.15. The predicted octanol–water partition coefficient (Wildman–Crippen LogP) is 4.41. The van der Waals surface area contributed by atoms with E-state index in [4.69, 9.17) is 0 Å². The van der Waals surface area contributed by atoms with E-state index in [9.17, 15) is 9.18 Å². The molecular weight excluding hydrogens is 389 g/mol. The van der Waals surface area contributed by atoms with Crippen LogP contribution in [0, 0.1) is 5.82 Å². The van der Waals surface area contributed by atoms with Gasteiger partial charge in [-0.25, -0.2) is 4.39 Å². The standard InChI is InChI=1S/C15H12Br2FNO/c16-8-10-1-3-11(4-2-10)15(20)19-9-12-7-13(17)5-6-14(12)18/h1-7H,8-9H2,(H,19,20). The minimum Gasteiger partial charge on any atom is -0.348 e. The summed E-state index contributed by atoms with van der Waals surface area (Å²) in [5.41, 5.74) is 2.11. The molecule has 0 heterocycles. The zero-order chi connectivity index (χ0) is 14.5. The number of carbonyl (C=O) groups excluding carboxylic acids is 1. The Hall–Kier alpha value is -1.20. The number of hydrogen-bond acceptors (Lipinski definition) is 1. The van der Waals surface area contributed by atoms with Crippen molar-refractivity contribution in [2.75, 3.05) is 0 Å².